The molecule has 0 atom stereocenters. The lowest BCUT2D eigenvalue weighted by Crippen LogP contribution is -2.24. The van der Waals surface area contributed by atoms with E-state index in [0.717, 1.165) is 10.0 Å². The predicted molar refractivity (Wildman–Crippen MR) is 101 cm³/mol. The Labute approximate surface area is 156 Å². The molecule has 0 unspecified atom stereocenters. The third-order valence-electron chi connectivity index (χ3n) is 3.29. The summed E-state index contributed by atoms with van der Waals surface area (Å²) in [6.07, 6.45) is 0.211. The van der Waals surface area contributed by atoms with Gasteiger partial charge in [-0.3, -0.25) is 4.79 Å². The summed E-state index contributed by atoms with van der Waals surface area (Å²) in [5.74, 6) is -0.703. The third kappa shape index (κ3) is 5.16. The van der Waals surface area contributed by atoms with Crippen molar-refractivity contribution in [2.75, 3.05) is 0 Å². The number of ether oxygens (including phenoxy) is 2. The molecular formula is C20H21BrO4. The largest absolute Gasteiger partial charge is 0.456 e. The van der Waals surface area contributed by atoms with Gasteiger partial charge in [-0.2, -0.15) is 0 Å². The first-order chi connectivity index (χ1) is 11.7. The van der Waals surface area contributed by atoms with Gasteiger partial charge in [-0.15, -0.1) is 0 Å². The molecule has 132 valence electrons. The van der Waals surface area contributed by atoms with Gasteiger partial charge in [0.05, 0.1) is 0 Å². The van der Waals surface area contributed by atoms with Crippen LogP contribution in [0.25, 0.3) is 11.1 Å². The number of halogens is 1. The van der Waals surface area contributed by atoms with Crippen LogP contribution >= 0.6 is 15.9 Å². The fourth-order valence-corrected chi connectivity index (χ4v) is 2.45. The number of para-hydroxylation sites is 1. The van der Waals surface area contributed by atoms with Crippen molar-refractivity contribution in [3.05, 3.63) is 52.5 Å². The molecule has 2 rings (SSSR count). The van der Waals surface area contributed by atoms with Crippen molar-refractivity contribution in [2.45, 2.75) is 39.7 Å². The van der Waals surface area contributed by atoms with Crippen LogP contribution in [-0.4, -0.2) is 17.5 Å². The fourth-order valence-electron chi connectivity index (χ4n) is 2.18. The minimum atomic E-state index is -0.642. The summed E-state index contributed by atoms with van der Waals surface area (Å²) in [6.45, 7) is 7.08. The van der Waals surface area contributed by atoms with E-state index in [4.69, 9.17) is 9.47 Å². The molecule has 0 heterocycles. The molecule has 0 aliphatic carbocycles. The van der Waals surface area contributed by atoms with Crippen LogP contribution in [0.5, 0.6) is 5.75 Å². The second kappa shape index (κ2) is 7.83. The Hall–Kier alpha value is -2.14. The summed E-state index contributed by atoms with van der Waals surface area (Å²) >= 11 is 3.40. The van der Waals surface area contributed by atoms with Gasteiger partial charge in [0.25, 0.3) is 0 Å². The first kappa shape index (κ1) is 19.2. The summed E-state index contributed by atoms with van der Waals surface area (Å²) in [5, 5.41) is 0. The van der Waals surface area contributed by atoms with Crippen LogP contribution < -0.4 is 4.74 Å². The van der Waals surface area contributed by atoms with Crippen molar-refractivity contribution < 1.29 is 19.1 Å². The number of benzene rings is 2. The first-order valence-electron chi connectivity index (χ1n) is 8.04. The Kier molecular flexibility index (Phi) is 6.01. The van der Waals surface area contributed by atoms with Crippen molar-refractivity contribution >= 4 is 27.9 Å². The molecule has 0 bridgehead atoms. The SMILES string of the molecule is CCC(=O)Oc1c(C(=O)OC(C)(C)C)cccc1-c1ccc(Br)cc1. The van der Waals surface area contributed by atoms with Gasteiger partial charge in [0.2, 0.25) is 0 Å². The minimum Gasteiger partial charge on any atom is -0.456 e. The molecule has 2 aromatic carbocycles. The molecule has 4 nitrogen and oxygen atoms in total. The Morgan fingerprint density at radius 3 is 2.24 bits per heavy atom. The maximum absolute atomic E-state index is 12.6. The average molecular weight is 405 g/mol. The lowest BCUT2D eigenvalue weighted by Gasteiger charge is -2.21. The minimum absolute atomic E-state index is 0.211. The van der Waals surface area contributed by atoms with E-state index in [-0.39, 0.29) is 17.7 Å². The molecule has 0 aromatic heterocycles. The summed E-state index contributed by atoms with van der Waals surface area (Å²) in [6, 6.07) is 12.7. The van der Waals surface area contributed by atoms with Crippen molar-refractivity contribution in [3.8, 4) is 16.9 Å². The maximum Gasteiger partial charge on any atom is 0.342 e. The van der Waals surface area contributed by atoms with Crippen LogP contribution in [0, 0.1) is 0 Å². The highest BCUT2D eigenvalue weighted by Gasteiger charge is 2.24. The van der Waals surface area contributed by atoms with E-state index in [2.05, 4.69) is 15.9 Å². The zero-order chi connectivity index (χ0) is 18.6. The molecule has 0 radical (unpaired) electrons. The number of hydrogen-bond donors (Lipinski definition) is 0. The smallest absolute Gasteiger partial charge is 0.342 e. The summed E-state index contributed by atoms with van der Waals surface area (Å²) < 4.78 is 11.9. The second-order valence-electron chi connectivity index (χ2n) is 6.52. The van der Waals surface area contributed by atoms with Crippen LogP contribution in [0.4, 0.5) is 0 Å². The molecule has 0 saturated heterocycles. The normalized spacial score (nSPS) is 11.1. The van der Waals surface area contributed by atoms with Crippen LogP contribution in [0.2, 0.25) is 0 Å². The van der Waals surface area contributed by atoms with Crippen molar-refractivity contribution in [2.24, 2.45) is 0 Å². The van der Waals surface area contributed by atoms with Crippen LogP contribution in [0.1, 0.15) is 44.5 Å². The quantitative estimate of drug-likeness (QED) is 0.506. The van der Waals surface area contributed by atoms with E-state index >= 15 is 0 Å². The molecule has 0 fully saturated rings. The summed E-state index contributed by atoms with van der Waals surface area (Å²) in [7, 11) is 0. The summed E-state index contributed by atoms with van der Waals surface area (Å²) in [4.78, 5) is 24.5. The molecular weight excluding hydrogens is 384 g/mol. The van der Waals surface area contributed by atoms with Crippen molar-refractivity contribution in [1.29, 1.82) is 0 Å². The van der Waals surface area contributed by atoms with E-state index in [0.29, 0.717) is 5.56 Å². The van der Waals surface area contributed by atoms with Crippen LogP contribution in [-0.2, 0) is 9.53 Å². The van der Waals surface area contributed by atoms with Gasteiger partial charge >= 0.3 is 11.9 Å². The Morgan fingerprint density at radius 1 is 1.04 bits per heavy atom. The highest BCUT2D eigenvalue weighted by atomic mass is 79.9. The van der Waals surface area contributed by atoms with E-state index in [1.807, 2.05) is 30.3 Å². The lowest BCUT2D eigenvalue weighted by atomic mass is 10.0. The molecule has 0 N–H and O–H groups in total. The zero-order valence-corrected chi connectivity index (χ0v) is 16.3. The Balaban J connectivity index is 2.55. The molecule has 0 spiro atoms. The number of rotatable bonds is 4. The monoisotopic (exact) mass is 404 g/mol. The van der Waals surface area contributed by atoms with Crippen LogP contribution in [0.3, 0.4) is 0 Å². The second-order valence-corrected chi connectivity index (χ2v) is 7.43. The number of carbonyl (C=O) groups excluding carboxylic acids is 2. The molecule has 0 saturated carbocycles. The van der Waals surface area contributed by atoms with Crippen LogP contribution in [0.15, 0.2) is 46.9 Å². The summed E-state index contributed by atoms with van der Waals surface area (Å²) in [5.41, 5.74) is 1.10. The molecule has 0 aliphatic heterocycles. The van der Waals surface area contributed by atoms with E-state index < -0.39 is 17.5 Å². The highest BCUT2D eigenvalue weighted by molar-refractivity contribution is 9.10. The number of hydrogen-bond acceptors (Lipinski definition) is 4. The van der Waals surface area contributed by atoms with E-state index in [9.17, 15) is 9.59 Å². The molecule has 5 heteroatoms. The van der Waals surface area contributed by atoms with Gasteiger partial charge in [0.15, 0.2) is 5.75 Å². The molecule has 0 amide bonds. The molecule has 25 heavy (non-hydrogen) atoms. The van der Waals surface area contributed by atoms with Gasteiger partial charge in [-0.05, 0) is 44.5 Å². The average Bonchev–Trinajstić information content (AvgIpc) is 2.54. The van der Waals surface area contributed by atoms with E-state index in [1.54, 1.807) is 39.8 Å². The van der Waals surface area contributed by atoms with Gasteiger partial charge < -0.3 is 9.47 Å². The third-order valence-corrected chi connectivity index (χ3v) is 3.82. The van der Waals surface area contributed by atoms with Gasteiger partial charge in [0.1, 0.15) is 11.2 Å². The zero-order valence-electron chi connectivity index (χ0n) is 14.8. The molecule has 2 aromatic rings. The molecule has 0 aliphatic rings. The predicted octanol–water partition coefficient (Wildman–Crippen LogP) is 5.39. The Morgan fingerprint density at radius 2 is 1.68 bits per heavy atom. The standard InChI is InChI=1S/C20H21BrO4/c1-5-17(22)24-18-15(13-9-11-14(21)12-10-13)7-6-8-16(18)19(23)25-20(2,3)4/h6-12H,5H2,1-4H3. The van der Waals surface area contributed by atoms with Gasteiger partial charge in [0, 0.05) is 16.5 Å². The van der Waals surface area contributed by atoms with Crippen molar-refractivity contribution in [1.82, 2.24) is 0 Å². The number of carbonyl (C=O) groups is 2. The first-order valence-corrected chi connectivity index (χ1v) is 8.83. The van der Waals surface area contributed by atoms with Gasteiger partial charge in [-0.1, -0.05) is 47.1 Å². The highest BCUT2D eigenvalue weighted by Crippen LogP contribution is 2.35. The maximum atomic E-state index is 12.6. The number of esters is 2. The lowest BCUT2D eigenvalue weighted by molar-refractivity contribution is -0.134. The van der Waals surface area contributed by atoms with E-state index in [1.165, 1.54) is 0 Å². The van der Waals surface area contributed by atoms with Gasteiger partial charge in [-0.25, -0.2) is 4.79 Å². The fraction of sp³-hybridized carbons (Fsp3) is 0.300. The Bertz CT molecular complexity index is 773. The van der Waals surface area contributed by atoms with Crippen molar-refractivity contribution in [3.63, 3.8) is 0 Å². The topological polar surface area (TPSA) is 52.6 Å².